The van der Waals surface area contributed by atoms with Crippen LogP contribution in [0.15, 0.2) is 18.2 Å². The largest absolute Gasteiger partial charge is 0.462 e. The molecule has 0 saturated heterocycles. The van der Waals surface area contributed by atoms with Crippen LogP contribution in [0.1, 0.15) is 31.1 Å². The first-order valence-corrected chi connectivity index (χ1v) is 5.95. The number of ether oxygens (including phenoxy) is 1. The van der Waals surface area contributed by atoms with Gasteiger partial charge in [-0.2, -0.15) is 0 Å². The summed E-state index contributed by atoms with van der Waals surface area (Å²) in [5.41, 5.74) is 7.68. The molecule has 0 bridgehead atoms. The van der Waals surface area contributed by atoms with Gasteiger partial charge in [-0.25, -0.2) is 4.79 Å². The molecular formula is C13H20N2O2. The number of benzene rings is 1. The van der Waals surface area contributed by atoms with E-state index in [1.54, 1.807) is 19.1 Å². The molecule has 0 radical (unpaired) electrons. The zero-order chi connectivity index (χ0) is 12.8. The Labute approximate surface area is 102 Å². The van der Waals surface area contributed by atoms with Gasteiger partial charge in [0.25, 0.3) is 0 Å². The van der Waals surface area contributed by atoms with Gasteiger partial charge in [0.2, 0.25) is 0 Å². The summed E-state index contributed by atoms with van der Waals surface area (Å²) in [7, 11) is 0. The van der Waals surface area contributed by atoms with Gasteiger partial charge in [-0.3, -0.25) is 0 Å². The molecule has 4 heteroatoms. The number of hydrogen-bond donors (Lipinski definition) is 1. The van der Waals surface area contributed by atoms with Crippen molar-refractivity contribution < 1.29 is 9.53 Å². The van der Waals surface area contributed by atoms with E-state index < -0.39 is 0 Å². The van der Waals surface area contributed by atoms with Gasteiger partial charge in [0, 0.05) is 24.5 Å². The van der Waals surface area contributed by atoms with Crippen molar-refractivity contribution in [2.75, 3.05) is 30.3 Å². The van der Waals surface area contributed by atoms with E-state index in [1.165, 1.54) is 0 Å². The van der Waals surface area contributed by atoms with Crippen molar-refractivity contribution in [1.29, 1.82) is 0 Å². The highest BCUT2D eigenvalue weighted by atomic mass is 16.5. The molecule has 4 nitrogen and oxygen atoms in total. The zero-order valence-corrected chi connectivity index (χ0v) is 10.7. The normalized spacial score (nSPS) is 10.1. The highest BCUT2D eigenvalue weighted by Gasteiger charge is 2.13. The molecule has 94 valence electrons. The van der Waals surface area contributed by atoms with Crippen LogP contribution in [0.3, 0.4) is 0 Å². The molecule has 0 aliphatic heterocycles. The van der Waals surface area contributed by atoms with Crippen molar-refractivity contribution in [3.8, 4) is 0 Å². The molecule has 1 aromatic carbocycles. The number of nitrogen functional groups attached to an aromatic ring is 1. The molecule has 0 saturated carbocycles. The van der Waals surface area contributed by atoms with Gasteiger partial charge in [-0.15, -0.1) is 0 Å². The van der Waals surface area contributed by atoms with Gasteiger partial charge in [0.15, 0.2) is 0 Å². The molecule has 17 heavy (non-hydrogen) atoms. The highest BCUT2D eigenvalue weighted by Crippen LogP contribution is 2.21. The monoisotopic (exact) mass is 236 g/mol. The van der Waals surface area contributed by atoms with Gasteiger partial charge < -0.3 is 15.4 Å². The molecule has 0 aliphatic carbocycles. The van der Waals surface area contributed by atoms with Gasteiger partial charge >= 0.3 is 5.97 Å². The second kappa shape index (κ2) is 6.13. The van der Waals surface area contributed by atoms with Crippen molar-refractivity contribution in [3.63, 3.8) is 0 Å². The summed E-state index contributed by atoms with van der Waals surface area (Å²) >= 11 is 0. The van der Waals surface area contributed by atoms with Gasteiger partial charge in [-0.1, -0.05) is 0 Å². The van der Waals surface area contributed by atoms with E-state index in [-0.39, 0.29) is 5.97 Å². The molecule has 0 heterocycles. The number of esters is 1. The Balaban J connectivity index is 3.05. The van der Waals surface area contributed by atoms with Crippen molar-refractivity contribution >= 4 is 17.3 Å². The van der Waals surface area contributed by atoms with Gasteiger partial charge in [-0.05, 0) is 39.0 Å². The van der Waals surface area contributed by atoms with Crippen LogP contribution in [-0.4, -0.2) is 25.7 Å². The molecule has 0 unspecified atom stereocenters. The summed E-state index contributed by atoms with van der Waals surface area (Å²) < 4.78 is 4.97. The second-order valence-corrected chi connectivity index (χ2v) is 3.66. The Morgan fingerprint density at radius 2 is 1.94 bits per heavy atom. The smallest absolute Gasteiger partial charge is 0.340 e. The van der Waals surface area contributed by atoms with E-state index in [0.717, 1.165) is 18.8 Å². The lowest BCUT2D eigenvalue weighted by Crippen LogP contribution is -2.22. The summed E-state index contributed by atoms with van der Waals surface area (Å²) in [6, 6.07) is 5.46. The topological polar surface area (TPSA) is 55.6 Å². The molecule has 2 N–H and O–H groups in total. The van der Waals surface area contributed by atoms with Gasteiger partial charge in [0.05, 0.1) is 12.2 Å². The fraction of sp³-hybridized carbons (Fsp3) is 0.462. The summed E-state index contributed by atoms with van der Waals surface area (Å²) in [4.78, 5) is 13.9. The Morgan fingerprint density at radius 3 is 2.47 bits per heavy atom. The molecule has 0 aromatic heterocycles. The lowest BCUT2D eigenvalue weighted by molar-refractivity contribution is 0.0527. The minimum Gasteiger partial charge on any atom is -0.462 e. The summed E-state index contributed by atoms with van der Waals surface area (Å²) in [6.07, 6.45) is 0. The fourth-order valence-corrected chi connectivity index (χ4v) is 1.72. The van der Waals surface area contributed by atoms with Gasteiger partial charge in [0.1, 0.15) is 0 Å². The first-order chi connectivity index (χ1) is 8.13. The molecule has 1 aromatic rings. The predicted octanol–water partition coefficient (Wildman–Crippen LogP) is 2.29. The van der Waals surface area contributed by atoms with E-state index in [0.29, 0.717) is 17.9 Å². The molecule has 0 aliphatic rings. The number of carbonyl (C=O) groups excluding carboxylic acids is 1. The first kappa shape index (κ1) is 13.4. The number of hydrogen-bond acceptors (Lipinski definition) is 4. The second-order valence-electron chi connectivity index (χ2n) is 3.66. The Hall–Kier alpha value is -1.71. The number of carbonyl (C=O) groups is 1. The Morgan fingerprint density at radius 1 is 1.29 bits per heavy atom. The van der Waals surface area contributed by atoms with Crippen LogP contribution < -0.4 is 10.6 Å². The maximum absolute atomic E-state index is 11.7. The van der Waals surface area contributed by atoms with E-state index in [1.807, 2.05) is 6.07 Å². The maximum atomic E-state index is 11.7. The SMILES string of the molecule is CCOC(=O)c1cc(N(CC)CC)ccc1N. The summed E-state index contributed by atoms with van der Waals surface area (Å²) in [5.74, 6) is -0.362. The van der Waals surface area contributed by atoms with Crippen molar-refractivity contribution in [2.24, 2.45) is 0 Å². The quantitative estimate of drug-likeness (QED) is 0.629. The third kappa shape index (κ3) is 3.12. The van der Waals surface area contributed by atoms with Crippen LogP contribution in [0, 0.1) is 0 Å². The minimum atomic E-state index is -0.362. The predicted molar refractivity (Wildman–Crippen MR) is 70.4 cm³/mol. The first-order valence-electron chi connectivity index (χ1n) is 5.95. The van der Waals surface area contributed by atoms with E-state index in [4.69, 9.17) is 10.5 Å². The van der Waals surface area contributed by atoms with Crippen LogP contribution >= 0.6 is 0 Å². The van der Waals surface area contributed by atoms with Crippen LogP contribution in [0.25, 0.3) is 0 Å². The molecule has 1 rings (SSSR count). The standard InChI is InChI=1S/C13H20N2O2/c1-4-15(5-2)10-7-8-12(14)11(9-10)13(16)17-6-3/h7-9H,4-6,14H2,1-3H3. The summed E-state index contributed by atoms with van der Waals surface area (Å²) in [5, 5.41) is 0. The average molecular weight is 236 g/mol. The van der Waals surface area contributed by atoms with Crippen LogP contribution in [-0.2, 0) is 4.74 Å². The molecular weight excluding hydrogens is 216 g/mol. The zero-order valence-electron chi connectivity index (χ0n) is 10.7. The number of nitrogens with zero attached hydrogens (tertiary/aromatic N) is 1. The molecule has 0 fully saturated rings. The van der Waals surface area contributed by atoms with Crippen LogP contribution in [0.2, 0.25) is 0 Å². The number of anilines is 2. The fourth-order valence-electron chi connectivity index (χ4n) is 1.72. The Bertz CT molecular complexity index is 387. The summed E-state index contributed by atoms with van der Waals surface area (Å²) in [6.45, 7) is 8.06. The Kier molecular flexibility index (Phi) is 4.82. The molecule has 0 spiro atoms. The third-order valence-corrected chi connectivity index (χ3v) is 2.66. The molecule has 0 atom stereocenters. The van der Waals surface area contributed by atoms with Crippen molar-refractivity contribution in [1.82, 2.24) is 0 Å². The maximum Gasteiger partial charge on any atom is 0.340 e. The van der Waals surface area contributed by atoms with E-state index >= 15 is 0 Å². The average Bonchev–Trinajstić information content (AvgIpc) is 2.33. The minimum absolute atomic E-state index is 0.355. The number of rotatable bonds is 5. The van der Waals surface area contributed by atoms with E-state index in [2.05, 4.69) is 18.7 Å². The van der Waals surface area contributed by atoms with Crippen LogP contribution in [0.5, 0.6) is 0 Å². The van der Waals surface area contributed by atoms with Crippen molar-refractivity contribution in [2.45, 2.75) is 20.8 Å². The number of nitrogens with two attached hydrogens (primary N) is 1. The lowest BCUT2D eigenvalue weighted by Gasteiger charge is -2.21. The van der Waals surface area contributed by atoms with Crippen molar-refractivity contribution in [3.05, 3.63) is 23.8 Å². The van der Waals surface area contributed by atoms with Crippen LogP contribution in [0.4, 0.5) is 11.4 Å². The molecule has 0 amide bonds. The highest BCUT2D eigenvalue weighted by molar-refractivity contribution is 5.96. The lowest BCUT2D eigenvalue weighted by atomic mass is 10.1. The third-order valence-electron chi connectivity index (χ3n) is 2.66. The van der Waals surface area contributed by atoms with E-state index in [9.17, 15) is 4.79 Å².